The van der Waals surface area contributed by atoms with Crippen LogP contribution < -0.4 is 10.6 Å². The van der Waals surface area contributed by atoms with Crippen molar-refractivity contribution < 1.29 is 4.79 Å². The van der Waals surface area contributed by atoms with Crippen LogP contribution in [0.2, 0.25) is 0 Å². The molecule has 1 heterocycles. The Morgan fingerprint density at radius 3 is 2.42 bits per heavy atom. The highest BCUT2D eigenvalue weighted by Crippen LogP contribution is 2.22. The van der Waals surface area contributed by atoms with Gasteiger partial charge in [-0.25, -0.2) is 0 Å². The van der Waals surface area contributed by atoms with Crippen LogP contribution >= 0.6 is 0 Å². The second kappa shape index (κ2) is 5.57. The molecule has 102 valence electrons. The number of hydrogen-bond donors (Lipinski definition) is 2. The summed E-state index contributed by atoms with van der Waals surface area (Å²) in [6.07, 6.45) is 0. The van der Waals surface area contributed by atoms with E-state index in [0.29, 0.717) is 6.54 Å². The lowest BCUT2D eigenvalue weighted by molar-refractivity contribution is -0.117. The molecule has 0 bridgehead atoms. The summed E-state index contributed by atoms with van der Waals surface area (Å²) in [5, 5.41) is 6.20. The van der Waals surface area contributed by atoms with Gasteiger partial charge in [-0.05, 0) is 18.1 Å². The highest BCUT2D eigenvalue weighted by molar-refractivity contribution is 5.94. The summed E-state index contributed by atoms with van der Waals surface area (Å²) in [7, 11) is 0. The van der Waals surface area contributed by atoms with Gasteiger partial charge in [-0.15, -0.1) is 0 Å². The Hall–Kier alpha value is -1.61. The number of carbonyl (C=O) groups excluding carboxylic acids is 1. The van der Waals surface area contributed by atoms with Crippen LogP contribution in [0, 0.1) is 0 Å². The molecule has 0 atom stereocenters. The molecule has 19 heavy (non-hydrogen) atoms. The standard InChI is InChI=1S/C16H22N2O/c1-12(13-9-17-10-13)15(19)18-11-16(2,3)14-7-5-4-6-8-14/h4-8,17H,9-11H2,1-3H3,(H,18,19). The second-order valence-electron chi connectivity index (χ2n) is 5.76. The van der Waals surface area contributed by atoms with Gasteiger partial charge in [0.15, 0.2) is 0 Å². The van der Waals surface area contributed by atoms with Crippen molar-refractivity contribution in [2.24, 2.45) is 0 Å². The van der Waals surface area contributed by atoms with E-state index in [9.17, 15) is 4.79 Å². The second-order valence-corrected chi connectivity index (χ2v) is 5.76. The maximum Gasteiger partial charge on any atom is 0.246 e. The first-order valence-electron chi connectivity index (χ1n) is 6.74. The predicted molar refractivity (Wildman–Crippen MR) is 78.0 cm³/mol. The van der Waals surface area contributed by atoms with E-state index in [1.807, 2.05) is 25.1 Å². The van der Waals surface area contributed by atoms with E-state index in [2.05, 4.69) is 36.6 Å². The molecule has 1 aliphatic rings. The van der Waals surface area contributed by atoms with E-state index in [4.69, 9.17) is 0 Å². The Morgan fingerprint density at radius 1 is 1.26 bits per heavy atom. The SMILES string of the molecule is CC(C(=O)NCC(C)(C)c1ccccc1)=C1CNC1. The Balaban J connectivity index is 1.96. The third kappa shape index (κ3) is 3.24. The topological polar surface area (TPSA) is 41.1 Å². The van der Waals surface area contributed by atoms with Gasteiger partial charge >= 0.3 is 0 Å². The first-order valence-corrected chi connectivity index (χ1v) is 6.74. The summed E-state index contributed by atoms with van der Waals surface area (Å²) < 4.78 is 0. The van der Waals surface area contributed by atoms with E-state index in [1.54, 1.807) is 0 Å². The molecule has 2 N–H and O–H groups in total. The van der Waals surface area contributed by atoms with Crippen LogP contribution in [0.5, 0.6) is 0 Å². The summed E-state index contributed by atoms with van der Waals surface area (Å²) in [5.74, 6) is 0.0560. The van der Waals surface area contributed by atoms with Crippen molar-refractivity contribution in [3.63, 3.8) is 0 Å². The van der Waals surface area contributed by atoms with Gasteiger partial charge in [-0.1, -0.05) is 44.2 Å². The van der Waals surface area contributed by atoms with Crippen LogP contribution in [0.3, 0.4) is 0 Å². The highest BCUT2D eigenvalue weighted by Gasteiger charge is 2.22. The lowest BCUT2D eigenvalue weighted by Crippen LogP contribution is -2.40. The Kier molecular flexibility index (Phi) is 4.05. The monoisotopic (exact) mass is 258 g/mol. The van der Waals surface area contributed by atoms with Crippen LogP contribution in [0.15, 0.2) is 41.5 Å². The minimum absolute atomic E-state index is 0.0558. The van der Waals surface area contributed by atoms with Crippen LogP contribution in [-0.4, -0.2) is 25.5 Å². The molecule has 0 aromatic heterocycles. The summed E-state index contributed by atoms with van der Waals surface area (Å²) in [6.45, 7) is 8.55. The third-order valence-corrected chi connectivity index (χ3v) is 3.79. The largest absolute Gasteiger partial charge is 0.351 e. The quantitative estimate of drug-likeness (QED) is 0.811. The smallest absolute Gasteiger partial charge is 0.246 e. The molecule has 0 unspecified atom stereocenters. The molecule has 1 aromatic rings. The molecule has 1 saturated heterocycles. The molecule has 0 saturated carbocycles. The number of benzene rings is 1. The molecule has 1 aromatic carbocycles. The fourth-order valence-electron chi connectivity index (χ4n) is 2.10. The molecule has 0 aliphatic carbocycles. The van der Waals surface area contributed by atoms with E-state index < -0.39 is 0 Å². The van der Waals surface area contributed by atoms with Crippen molar-refractivity contribution in [2.45, 2.75) is 26.2 Å². The van der Waals surface area contributed by atoms with E-state index in [0.717, 1.165) is 18.7 Å². The first kappa shape index (κ1) is 13.8. The zero-order valence-corrected chi connectivity index (χ0v) is 11.9. The molecule has 1 amide bonds. The summed E-state index contributed by atoms with van der Waals surface area (Å²) in [6, 6.07) is 10.3. The number of amides is 1. The van der Waals surface area contributed by atoms with Gasteiger partial charge in [0.05, 0.1) is 0 Å². The van der Waals surface area contributed by atoms with Gasteiger partial charge in [0.2, 0.25) is 5.91 Å². The molecule has 3 nitrogen and oxygen atoms in total. The average molecular weight is 258 g/mol. The van der Waals surface area contributed by atoms with Crippen LogP contribution in [-0.2, 0) is 10.2 Å². The van der Waals surface area contributed by atoms with Crippen LogP contribution in [0.1, 0.15) is 26.3 Å². The molecule has 1 aliphatic heterocycles. The van der Waals surface area contributed by atoms with Gasteiger partial charge in [-0.2, -0.15) is 0 Å². The molecule has 2 rings (SSSR count). The summed E-state index contributed by atoms with van der Waals surface area (Å²) in [5.41, 5.74) is 3.27. The Bertz CT molecular complexity index is 483. The lowest BCUT2D eigenvalue weighted by atomic mass is 9.84. The lowest BCUT2D eigenvalue weighted by Gasteiger charge is -2.27. The fraction of sp³-hybridized carbons (Fsp3) is 0.438. The minimum atomic E-state index is -0.0558. The van der Waals surface area contributed by atoms with Crippen molar-refractivity contribution in [3.05, 3.63) is 47.0 Å². The number of carbonyl (C=O) groups is 1. The first-order chi connectivity index (χ1) is 9.00. The molecule has 0 radical (unpaired) electrons. The minimum Gasteiger partial charge on any atom is -0.351 e. The summed E-state index contributed by atoms with van der Waals surface area (Å²) in [4.78, 5) is 12.1. The number of nitrogens with one attached hydrogen (secondary N) is 2. The van der Waals surface area contributed by atoms with E-state index >= 15 is 0 Å². The Morgan fingerprint density at radius 2 is 1.89 bits per heavy atom. The van der Waals surface area contributed by atoms with Crippen molar-refractivity contribution in [3.8, 4) is 0 Å². The zero-order valence-electron chi connectivity index (χ0n) is 11.9. The molecular weight excluding hydrogens is 236 g/mol. The van der Waals surface area contributed by atoms with Gasteiger partial charge in [0.1, 0.15) is 0 Å². The van der Waals surface area contributed by atoms with Gasteiger partial charge < -0.3 is 10.6 Å². The number of rotatable bonds is 4. The maximum atomic E-state index is 12.1. The zero-order chi connectivity index (χ0) is 13.9. The van der Waals surface area contributed by atoms with Crippen molar-refractivity contribution in [1.29, 1.82) is 0 Å². The fourth-order valence-corrected chi connectivity index (χ4v) is 2.10. The average Bonchev–Trinajstić information content (AvgIpc) is 2.35. The van der Waals surface area contributed by atoms with Gasteiger partial charge in [0.25, 0.3) is 0 Å². The van der Waals surface area contributed by atoms with Gasteiger partial charge in [0, 0.05) is 30.6 Å². The van der Waals surface area contributed by atoms with Crippen LogP contribution in [0.4, 0.5) is 0 Å². The molecule has 0 spiro atoms. The molecule has 1 fully saturated rings. The third-order valence-electron chi connectivity index (χ3n) is 3.79. The van der Waals surface area contributed by atoms with Crippen molar-refractivity contribution >= 4 is 5.91 Å². The van der Waals surface area contributed by atoms with Gasteiger partial charge in [-0.3, -0.25) is 4.79 Å². The molecule has 3 heteroatoms. The molecular formula is C16H22N2O. The number of hydrogen-bond acceptors (Lipinski definition) is 2. The maximum absolute atomic E-state index is 12.1. The van der Waals surface area contributed by atoms with Crippen molar-refractivity contribution in [2.75, 3.05) is 19.6 Å². The normalized spacial score (nSPS) is 14.8. The Labute approximate surface area is 115 Å². The van der Waals surface area contributed by atoms with Crippen LogP contribution in [0.25, 0.3) is 0 Å². The predicted octanol–water partition coefficient (Wildman–Crippen LogP) is 2.00. The van der Waals surface area contributed by atoms with E-state index in [-0.39, 0.29) is 11.3 Å². The highest BCUT2D eigenvalue weighted by atomic mass is 16.1. The summed E-state index contributed by atoms with van der Waals surface area (Å²) >= 11 is 0. The van der Waals surface area contributed by atoms with E-state index in [1.165, 1.54) is 11.1 Å². The van der Waals surface area contributed by atoms with Crippen molar-refractivity contribution in [1.82, 2.24) is 10.6 Å².